The molecule has 1 aromatic heterocycles. The molecule has 1 fully saturated rings. The van der Waals surface area contributed by atoms with Gasteiger partial charge >= 0.3 is 0 Å². The summed E-state index contributed by atoms with van der Waals surface area (Å²) in [6.45, 7) is 3.43. The van der Waals surface area contributed by atoms with E-state index in [1.54, 1.807) is 25.0 Å². The van der Waals surface area contributed by atoms with E-state index in [0.29, 0.717) is 32.6 Å². The lowest BCUT2D eigenvalue weighted by Gasteiger charge is -2.32. The highest BCUT2D eigenvalue weighted by molar-refractivity contribution is 5.77. The first-order valence-corrected chi connectivity index (χ1v) is 8.14. The topological polar surface area (TPSA) is 85.7 Å². The van der Waals surface area contributed by atoms with Gasteiger partial charge in [-0.1, -0.05) is 0 Å². The van der Waals surface area contributed by atoms with E-state index in [2.05, 4.69) is 10.4 Å². The summed E-state index contributed by atoms with van der Waals surface area (Å²) in [6.07, 6.45) is 2.44. The molecule has 0 bridgehead atoms. The summed E-state index contributed by atoms with van der Waals surface area (Å²) in [5, 5.41) is 7.16. The van der Waals surface area contributed by atoms with Crippen LogP contribution in [0.2, 0.25) is 0 Å². The molecule has 0 unspecified atom stereocenters. The summed E-state index contributed by atoms with van der Waals surface area (Å²) in [5.74, 6) is -0.163. The zero-order valence-corrected chi connectivity index (χ0v) is 14.5. The number of nitrogens with one attached hydrogen (secondary N) is 1. The molecular weight excluding hydrogens is 312 g/mol. The Labute approximate surface area is 142 Å². The molecule has 1 aliphatic rings. The van der Waals surface area contributed by atoms with Crippen LogP contribution in [0.4, 0.5) is 0 Å². The number of amides is 2. The number of aromatic nitrogens is 2. The minimum Gasteiger partial charge on any atom is -0.379 e. The normalized spacial score (nSPS) is 20.6. The van der Waals surface area contributed by atoms with Gasteiger partial charge in [-0.25, -0.2) is 0 Å². The van der Waals surface area contributed by atoms with Crippen molar-refractivity contribution in [3.05, 3.63) is 18.0 Å². The van der Waals surface area contributed by atoms with Crippen molar-refractivity contribution in [1.82, 2.24) is 20.0 Å². The zero-order valence-electron chi connectivity index (χ0n) is 14.5. The lowest BCUT2D eigenvalue weighted by molar-refractivity contribution is -0.141. The van der Waals surface area contributed by atoms with E-state index in [4.69, 9.17) is 9.47 Å². The molecule has 0 aromatic carbocycles. The average molecular weight is 338 g/mol. The largest absolute Gasteiger partial charge is 0.379 e. The zero-order chi connectivity index (χ0) is 17.5. The van der Waals surface area contributed by atoms with Gasteiger partial charge in [0.05, 0.1) is 12.6 Å². The Bertz CT molecular complexity index is 558. The quantitative estimate of drug-likeness (QED) is 0.754. The van der Waals surface area contributed by atoms with Gasteiger partial charge in [-0.05, 0) is 19.4 Å². The second-order valence-electron chi connectivity index (χ2n) is 6.12. The van der Waals surface area contributed by atoms with Crippen LogP contribution in [-0.4, -0.2) is 72.6 Å². The smallest absolute Gasteiger partial charge is 0.248 e. The molecule has 0 aliphatic carbocycles. The first-order chi connectivity index (χ1) is 11.5. The van der Waals surface area contributed by atoms with Crippen LogP contribution in [-0.2, 0) is 25.6 Å². The van der Waals surface area contributed by atoms with E-state index in [9.17, 15) is 9.59 Å². The Kier molecular flexibility index (Phi) is 6.74. The Hall–Kier alpha value is -1.93. The summed E-state index contributed by atoms with van der Waals surface area (Å²) in [6, 6.07) is 1.77. The minimum atomic E-state index is -0.307. The van der Waals surface area contributed by atoms with Gasteiger partial charge in [0.2, 0.25) is 11.8 Å². The summed E-state index contributed by atoms with van der Waals surface area (Å²) < 4.78 is 12.8. The number of ether oxygens (including phenoxy) is 2. The van der Waals surface area contributed by atoms with Crippen molar-refractivity contribution in [2.24, 2.45) is 0 Å². The van der Waals surface area contributed by atoms with E-state index < -0.39 is 0 Å². The predicted molar refractivity (Wildman–Crippen MR) is 87.4 cm³/mol. The summed E-state index contributed by atoms with van der Waals surface area (Å²) in [5.41, 5.74) is 1.03. The summed E-state index contributed by atoms with van der Waals surface area (Å²) in [7, 11) is 3.36. The molecule has 24 heavy (non-hydrogen) atoms. The predicted octanol–water partition coefficient (Wildman–Crippen LogP) is -0.0399. The molecule has 2 atom stereocenters. The molecule has 1 saturated heterocycles. The van der Waals surface area contributed by atoms with Crippen LogP contribution in [0.15, 0.2) is 12.3 Å². The van der Waals surface area contributed by atoms with Crippen molar-refractivity contribution in [2.45, 2.75) is 38.5 Å². The molecule has 2 amide bonds. The number of aryl methyl sites for hydroxylation is 2. The molecule has 2 rings (SSSR count). The monoisotopic (exact) mass is 338 g/mol. The molecule has 0 radical (unpaired) electrons. The lowest BCUT2D eigenvalue weighted by Crippen LogP contribution is -2.50. The van der Waals surface area contributed by atoms with Gasteiger partial charge in [-0.3, -0.25) is 14.3 Å². The SMILES string of the molecule is Cc1ccnn1CCC(=O)N[C@@H]1CCOC[C@H]1OCC(=O)N(C)C. The van der Waals surface area contributed by atoms with Crippen LogP contribution in [0, 0.1) is 6.92 Å². The fourth-order valence-electron chi connectivity index (χ4n) is 2.47. The third kappa shape index (κ3) is 5.31. The van der Waals surface area contributed by atoms with Crippen molar-refractivity contribution >= 4 is 11.8 Å². The number of hydrogen-bond acceptors (Lipinski definition) is 5. The van der Waals surface area contributed by atoms with Crippen molar-refractivity contribution in [3.63, 3.8) is 0 Å². The van der Waals surface area contributed by atoms with Crippen LogP contribution >= 0.6 is 0 Å². The van der Waals surface area contributed by atoms with Gasteiger partial charge < -0.3 is 19.7 Å². The Morgan fingerprint density at radius 3 is 2.96 bits per heavy atom. The van der Waals surface area contributed by atoms with E-state index in [-0.39, 0.29) is 30.6 Å². The molecular formula is C16H26N4O4. The molecule has 2 heterocycles. The van der Waals surface area contributed by atoms with Crippen LogP contribution in [0.3, 0.4) is 0 Å². The number of rotatable bonds is 7. The average Bonchev–Trinajstić information content (AvgIpc) is 2.96. The molecule has 1 aliphatic heterocycles. The van der Waals surface area contributed by atoms with Crippen molar-refractivity contribution < 1.29 is 19.1 Å². The van der Waals surface area contributed by atoms with Crippen molar-refractivity contribution in [2.75, 3.05) is 33.9 Å². The van der Waals surface area contributed by atoms with Gasteiger partial charge in [0.15, 0.2) is 0 Å². The third-order valence-corrected chi connectivity index (χ3v) is 4.05. The standard InChI is InChI=1S/C16H26N4O4/c1-12-4-7-17-20(12)8-5-15(21)18-13-6-9-23-10-14(13)24-11-16(22)19(2)3/h4,7,13-14H,5-6,8-11H2,1-3H3,(H,18,21)/t13-,14-/m1/s1. The molecule has 1 aromatic rings. The summed E-state index contributed by atoms with van der Waals surface area (Å²) in [4.78, 5) is 25.3. The number of carbonyl (C=O) groups is 2. The van der Waals surface area contributed by atoms with Gasteiger partial charge in [0.25, 0.3) is 0 Å². The Balaban J connectivity index is 1.80. The lowest BCUT2D eigenvalue weighted by atomic mass is 10.1. The van der Waals surface area contributed by atoms with Crippen LogP contribution in [0.25, 0.3) is 0 Å². The molecule has 8 heteroatoms. The number of nitrogens with zero attached hydrogens (tertiary/aromatic N) is 3. The Morgan fingerprint density at radius 2 is 2.29 bits per heavy atom. The maximum absolute atomic E-state index is 12.2. The highest BCUT2D eigenvalue weighted by atomic mass is 16.5. The van der Waals surface area contributed by atoms with E-state index in [1.807, 2.05) is 13.0 Å². The van der Waals surface area contributed by atoms with Crippen LogP contribution in [0.5, 0.6) is 0 Å². The fourth-order valence-corrected chi connectivity index (χ4v) is 2.47. The maximum atomic E-state index is 12.2. The first-order valence-electron chi connectivity index (χ1n) is 8.14. The van der Waals surface area contributed by atoms with E-state index in [1.165, 1.54) is 4.90 Å². The van der Waals surface area contributed by atoms with Crippen molar-refractivity contribution in [3.8, 4) is 0 Å². The minimum absolute atomic E-state index is 0.0140. The van der Waals surface area contributed by atoms with Crippen LogP contribution < -0.4 is 5.32 Å². The van der Waals surface area contributed by atoms with E-state index >= 15 is 0 Å². The Morgan fingerprint density at radius 1 is 1.50 bits per heavy atom. The van der Waals surface area contributed by atoms with E-state index in [0.717, 1.165) is 5.69 Å². The second-order valence-corrected chi connectivity index (χ2v) is 6.12. The highest BCUT2D eigenvalue weighted by Gasteiger charge is 2.28. The van der Waals surface area contributed by atoms with Gasteiger partial charge in [0.1, 0.15) is 12.7 Å². The second kappa shape index (κ2) is 8.79. The highest BCUT2D eigenvalue weighted by Crippen LogP contribution is 2.12. The molecule has 134 valence electrons. The molecule has 0 spiro atoms. The van der Waals surface area contributed by atoms with Crippen LogP contribution in [0.1, 0.15) is 18.5 Å². The fraction of sp³-hybridized carbons (Fsp3) is 0.688. The number of carbonyl (C=O) groups excluding carboxylic acids is 2. The molecule has 1 N–H and O–H groups in total. The summed E-state index contributed by atoms with van der Waals surface area (Å²) >= 11 is 0. The number of likely N-dealkylation sites (N-methyl/N-ethyl adjacent to an activating group) is 1. The molecule has 8 nitrogen and oxygen atoms in total. The van der Waals surface area contributed by atoms with Gasteiger partial charge in [0, 0.05) is 45.6 Å². The van der Waals surface area contributed by atoms with Crippen molar-refractivity contribution in [1.29, 1.82) is 0 Å². The van der Waals surface area contributed by atoms with Gasteiger partial charge in [-0.2, -0.15) is 5.10 Å². The third-order valence-electron chi connectivity index (χ3n) is 4.05. The molecule has 0 saturated carbocycles. The first kappa shape index (κ1) is 18.4. The van der Waals surface area contributed by atoms with Gasteiger partial charge in [-0.15, -0.1) is 0 Å². The number of hydrogen-bond donors (Lipinski definition) is 1. The maximum Gasteiger partial charge on any atom is 0.248 e.